The normalized spacial score (nSPS) is 17.3. The zero-order valence-corrected chi connectivity index (χ0v) is 30.3. The van der Waals surface area contributed by atoms with Crippen molar-refractivity contribution in [2.24, 2.45) is 0 Å². The third kappa shape index (κ3) is 16.0. The van der Waals surface area contributed by atoms with Gasteiger partial charge in [-0.05, 0) is 81.6 Å². The minimum absolute atomic E-state index is 0.0331. The van der Waals surface area contributed by atoms with Gasteiger partial charge < -0.3 is 28.4 Å². The maximum atomic E-state index is 13.2. The van der Waals surface area contributed by atoms with Crippen LogP contribution in [-0.4, -0.2) is 95.8 Å². The van der Waals surface area contributed by atoms with Crippen LogP contribution in [0, 0.1) is 0 Å². The molecule has 1 aliphatic heterocycles. The van der Waals surface area contributed by atoms with E-state index in [1.807, 2.05) is 0 Å². The van der Waals surface area contributed by atoms with E-state index in [1.54, 1.807) is 83.1 Å². The molecule has 5 amide bonds. The van der Waals surface area contributed by atoms with E-state index < -0.39 is 71.1 Å². The van der Waals surface area contributed by atoms with E-state index in [2.05, 4.69) is 16.0 Å². The second-order valence-electron chi connectivity index (χ2n) is 14.4. The highest BCUT2D eigenvalue weighted by atomic mass is 16.6. The molecule has 1 heterocycles. The van der Waals surface area contributed by atoms with E-state index in [1.165, 1.54) is 0 Å². The van der Waals surface area contributed by atoms with Crippen LogP contribution < -0.4 is 16.0 Å². The lowest BCUT2D eigenvalue weighted by atomic mass is 10.00. The zero-order chi connectivity index (χ0) is 36.2. The van der Waals surface area contributed by atoms with Crippen LogP contribution in [0.25, 0.3) is 0 Å². The SMILES string of the molecule is CCC(NC(=O)OC(C)(C)C)OCC(COC(CC)NC(=O)OC(C)(C)C)(COC(CC)NC(=O)OC(C)(C)C)N1C(=O)CCC1=O. The van der Waals surface area contributed by atoms with Crippen LogP contribution in [0.2, 0.25) is 0 Å². The molecule has 0 aromatic heterocycles. The summed E-state index contributed by atoms with van der Waals surface area (Å²) >= 11 is 0. The van der Waals surface area contributed by atoms with Crippen LogP contribution in [-0.2, 0) is 38.0 Å². The van der Waals surface area contributed by atoms with Gasteiger partial charge in [-0.2, -0.15) is 0 Å². The van der Waals surface area contributed by atoms with Crippen molar-refractivity contribution in [2.75, 3.05) is 19.8 Å². The number of carbonyl (C=O) groups is 5. The highest BCUT2D eigenvalue weighted by Gasteiger charge is 2.49. The summed E-state index contributed by atoms with van der Waals surface area (Å²) in [6, 6.07) is 0. The average Bonchev–Trinajstić information content (AvgIpc) is 3.25. The predicted molar refractivity (Wildman–Crippen MR) is 172 cm³/mol. The number of likely N-dealkylation sites (tertiary alicyclic amines) is 1. The standard InChI is InChI=1S/C32H58N4O11/c1-13-21(33-26(39)45-29(4,5)6)42-18-32(36-24(37)16-17-25(36)38,19-43-22(14-2)34-27(40)46-30(7,8)9)20-44-23(15-3)35-28(41)47-31(10,11)12/h21-23H,13-20H2,1-12H3,(H,33,39)(H,34,40)(H,35,41). The monoisotopic (exact) mass is 674 g/mol. The second kappa shape index (κ2) is 17.8. The fourth-order valence-electron chi connectivity index (χ4n) is 4.29. The molecule has 0 aromatic rings. The highest BCUT2D eigenvalue weighted by Crippen LogP contribution is 2.28. The van der Waals surface area contributed by atoms with Crippen molar-refractivity contribution in [3.05, 3.63) is 0 Å². The van der Waals surface area contributed by atoms with E-state index in [0.717, 1.165) is 4.90 Å². The Morgan fingerprint density at radius 3 is 1.04 bits per heavy atom. The van der Waals surface area contributed by atoms with Gasteiger partial charge in [-0.25, -0.2) is 14.4 Å². The Bertz CT molecular complexity index is 944. The Balaban J connectivity index is 3.43. The van der Waals surface area contributed by atoms with Gasteiger partial charge >= 0.3 is 18.3 Å². The summed E-state index contributed by atoms with van der Waals surface area (Å²) in [4.78, 5) is 65.2. The largest absolute Gasteiger partial charge is 0.444 e. The van der Waals surface area contributed by atoms with Gasteiger partial charge in [0.05, 0.1) is 19.8 Å². The molecule has 272 valence electrons. The van der Waals surface area contributed by atoms with Crippen LogP contribution >= 0.6 is 0 Å². The number of rotatable bonds is 16. The molecule has 0 aromatic carbocycles. The number of amides is 5. The van der Waals surface area contributed by atoms with Gasteiger partial charge in [0.25, 0.3) is 0 Å². The molecule has 15 heteroatoms. The maximum Gasteiger partial charge on any atom is 0.409 e. The minimum Gasteiger partial charge on any atom is -0.444 e. The second-order valence-corrected chi connectivity index (χ2v) is 14.4. The Hall–Kier alpha value is -3.17. The van der Waals surface area contributed by atoms with Crippen molar-refractivity contribution in [3.63, 3.8) is 0 Å². The van der Waals surface area contributed by atoms with E-state index in [4.69, 9.17) is 28.4 Å². The minimum atomic E-state index is -1.58. The first-order valence-corrected chi connectivity index (χ1v) is 16.2. The lowest BCUT2D eigenvalue weighted by molar-refractivity contribution is -0.170. The fraction of sp³-hybridized carbons (Fsp3) is 0.844. The molecule has 1 aliphatic rings. The number of alkyl carbamates (subject to hydrolysis) is 3. The van der Waals surface area contributed by atoms with Crippen molar-refractivity contribution in [1.82, 2.24) is 20.9 Å². The third-order valence-electron chi connectivity index (χ3n) is 6.33. The van der Waals surface area contributed by atoms with Crippen LogP contribution in [0.5, 0.6) is 0 Å². The molecular weight excluding hydrogens is 616 g/mol. The smallest absolute Gasteiger partial charge is 0.409 e. The molecular formula is C32H58N4O11. The summed E-state index contributed by atoms with van der Waals surface area (Å²) in [6.45, 7) is 19.9. The van der Waals surface area contributed by atoms with Crippen molar-refractivity contribution in [2.45, 2.75) is 156 Å². The van der Waals surface area contributed by atoms with Crippen molar-refractivity contribution < 1.29 is 52.4 Å². The Labute approximate surface area is 279 Å². The molecule has 1 fully saturated rings. The molecule has 0 saturated carbocycles. The van der Waals surface area contributed by atoms with E-state index in [0.29, 0.717) is 19.3 Å². The van der Waals surface area contributed by atoms with Crippen LogP contribution in [0.15, 0.2) is 0 Å². The summed E-state index contributed by atoms with van der Waals surface area (Å²) in [6.07, 6.45) is -3.88. The maximum absolute atomic E-state index is 13.2. The van der Waals surface area contributed by atoms with Crippen molar-refractivity contribution in [3.8, 4) is 0 Å². The van der Waals surface area contributed by atoms with Gasteiger partial charge in [0.2, 0.25) is 11.8 Å². The highest BCUT2D eigenvalue weighted by molar-refractivity contribution is 6.02. The van der Waals surface area contributed by atoms with Gasteiger partial charge in [0.15, 0.2) is 0 Å². The lowest BCUT2D eigenvalue weighted by Gasteiger charge is -2.42. The van der Waals surface area contributed by atoms with Gasteiger partial charge in [0, 0.05) is 12.8 Å². The number of hydrogen-bond donors (Lipinski definition) is 3. The Kier molecular flexibility index (Phi) is 15.9. The molecule has 0 spiro atoms. The number of hydrogen-bond acceptors (Lipinski definition) is 11. The molecule has 0 bridgehead atoms. The number of carbonyl (C=O) groups excluding carboxylic acids is 5. The molecule has 0 radical (unpaired) electrons. The van der Waals surface area contributed by atoms with E-state index in [-0.39, 0.29) is 32.7 Å². The zero-order valence-electron chi connectivity index (χ0n) is 30.3. The Morgan fingerprint density at radius 2 is 0.830 bits per heavy atom. The summed E-state index contributed by atoms with van der Waals surface area (Å²) in [5, 5.41) is 7.97. The molecule has 3 atom stereocenters. The lowest BCUT2D eigenvalue weighted by Crippen LogP contribution is -2.63. The third-order valence-corrected chi connectivity index (χ3v) is 6.33. The van der Waals surface area contributed by atoms with E-state index in [9.17, 15) is 24.0 Å². The van der Waals surface area contributed by atoms with Crippen LogP contribution in [0.3, 0.4) is 0 Å². The molecule has 15 nitrogen and oxygen atoms in total. The molecule has 47 heavy (non-hydrogen) atoms. The van der Waals surface area contributed by atoms with Gasteiger partial charge in [-0.15, -0.1) is 0 Å². The first-order chi connectivity index (χ1) is 21.5. The van der Waals surface area contributed by atoms with Gasteiger partial charge in [-0.1, -0.05) is 20.8 Å². The molecule has 1 rings (SSSR count). The number of ether oxygens (including phenoxy) is 6. The summed E-state index contributed by atoms with van der Waals surface area (Å²) < 4.78 is 34.5. The quantitative estimate of drug-likeness (QED) is 0.117. The van der Waals surface area contributed by atoms with Gasteiger partial charge in [0.1, 0.15) is 41.0 Å². The first-order valence-electron chi connectivity index (χ1n) is 16.2. The summed E-state index contributed by atoms with van der Waals surface area (Å²) in [5.41, 5.74) is -3.85. The van der Waals surface area contributed by atoms with Crippen LogP contribution in [0.4, 0.5) is 14.4 Å². The Morgan fingerprint density at radius 1 is 0.574 bits per heavy atom. The van der Waals surface area contributed by atoms with Gasteiger partial charge in [-0.3, -0.25) is 30.4 Å². The number of nitrogens with one attached hydrogen (secondary N) is 3. The number of nitrogens with zero attached hydrogens (tertiary/aromatic N) is 1. The predicted octanol–water partition coefficient (Wildman–Crippen LogP) is 4.71. The fourth-order valence-corrected chi connectivity index (χ4v) is 4.29. The molecule has 3 N–H and O–H groups in total. The first kappa shape index (κ1) is 41.9. The molecule has 1 saturated heterocycles. The molecule has 0 aliphatic carbocycles. The number of imide groups is 1. The van der Waals surface area contributed by atoms with Crippen LogP contribution in [0.1, 0.15) is 115 Å². The van der Waals surface area contributed by atoms with Crippen molar-refractivity contribution >= 4 is 30.1 Å². The molecule has 3 unspecified atom stereocenters. The van der Waals surface area contributed by atoms with Crippen molar-refractivity contribution in [1.29, 1.82) is 0 Å². The topological polar surface area (TPSA) is 180 Å². The average molecular weight is 675 g/mol. The van der Waals surface area contributed by atoms with E-state index >= 15 is 0 Å². The summed E-state index contributed by atoms with van der Waals surface area (Å²) in [7, 11) is 0. The summed E-state index contributed by atoms with van der Waals surface area (Å²) in [5.74, 6) is -0.944.